The van der Waals surface area contributed by atoms with E-state index in [9.17, 15) is 0 Å². The standard InChI is InChI=1S/C15H21BrN2O2/c1-19-10-8-18-12-13-5-6-15(14(16)11-13)20-9-4-2-3-7-17/h5-6,11,18H,2-4,8-10,12H2,1H3. The predicted octanol–water partition coefficient (Wildman–Crippen LogP) is 3.26. The van der Waals surface area contributed by atoms with E-state index >= 15 is 0 Å². The Bertz CT molecular complexity index is 432. The highest BCUT2D eigenvalue weighted by molar-refractivity contribution is 9.10. The number of rotatable bonds is 10. The van der Waals surface area contributed by atoms with Gasteiger partial charge in [-0.15, -0.1) is 0 Å². The minimum absolute atomic E-state index is 0.594. The summed E-state index contributed by atoms with van der Waals surface area (Å²) in [6.07, 6.45) is 2.38. The Labute approximate surface area is 129 Å². The van der Waals surface area contributed by atoms with E-state index in [1.807, 2.05) is 6.07 Å². The van der Waals surface area contributed by atoms with Crippen molar-refractivity contribution in [2.45, 2.75) is 25.8 Å². The molecule has 0 spiro atoms. The van der Waals surface area contributed by atoms with Gasteiger partial charge in [-0.25, -0.2) is 0 Å². The second-order valence-electron chi connectivity index (χ2n) is 4.40. The van der Waals surface area contributed by atoms with E-state index < -0.39 is 0 Å². The van der Waals surface area contributed by atoms with Crippen LogP contribution in [0.5, 0.6) is 5.75 Å². The highest BCUT2D eigenvalue weighted by Crippen LogP contribution is 2.26. The average molecular weight is 341 g/mol. The van der Waals surface area contributed by atoms with Crippen LogP contribution in [0.15, 0.2) is 22.7 Å². The maximum absolute atomic E-state index is 8.45. The number of halogens is 1. The molecule has 4 nitrogen and oxygen atoms in total. The lowest BCUT2D eigenvalue weighted by molar-refractivity contribution is 0.199. The van der Waals surface area contributed by atoms with Gasteiger partial charge >= 0.3 is 0 Å². The molecule has 0 saturated heterocycles. The Morgan fingerprint density at radius 1 is 1.30 bits per heavy atom. The smallest absolute Gasteiger partial charge is 0.133 e. The number of unbranched alkanes of at least 4 members (excludes halogenated alkanes) is 2. The predicted molar refractivity (Wildman–Crippen MR) is 82.7 cm³/mol. The summed E-state index contributed by atoms with van der Waals surface area (Å²) >= 11 is 3.52. The Morgan fingerprint density at radius 3 is 2.85 bits per heavy atom. The first kappa shape index (κ1) is 17.0. The van der Waals surface area contributed by atoms with E-state index in [0.29, 0.717) is 19.6 Å². The summed E-state index contributed by atoms with van der Waals surface area (Å²) in [5.41, 5.74) is 1.20. The fraction of sp³-hybridized carbons (Fsp3) is 0.533. The molecule has 0 aliphatic rings. The molecule has 1 aromatic rings. The van der Waals surface area contributed by atoms with Gasteiger partial charge in [0.2, 0.25) is 0 Å². The molecule has 1 rings (SSSR count). The molecular weight excluding hydrogens is 320 g/mol. The molecule has 1 aromatic carbocycles. The summed E-state index contributed by atoms with van der Waals surface area (Å²) in [4.78, 5) is 0. The van der Waals surface area contributed by atoms with Gasteiger partial charge in [-0.1, -0.05) is 6.07 Å². The zero-order chi connectivity index (χ0) is 14.6. The van der Waals surface area contributed by atoms with Gasteiger partial charge in [-0.2, -0.15) is 5.26 Å². The molecule has 0 aromatic heterocycles. The third-order valence-electron chi connectivity index (χ3n) is 2.75. The molecule has 0 heterocycles. The molecule has 0 saturated carbocycles. The molecular formula is C15H21BrN2O2. The van der Waals surface area contributed by atoms with Crippen molar-refractivity contribution in [2.75, 3.05) is 26.9 Å². The van der Waals surface area contributed by atoms with Gasteiger partial charge in [0.1, 0.15) is 5.75 Å². The molecule has 0 fully saturated rings. The van der Waals surface area contributed by atoms with Crippen LogP contribution in [-0.2, 0) is 11.3 Å². The van der Waals surface area contributed by atoms with Crippen LogP contribution >= 0.6 is 15.9 Å². The summed E-state index contributed by atoms with van der Waals surface area (Å²) in [6.45, 7) is 3.01. The molecule has 1 N–H and O–H groups in total. The van der Waals surface area contributed by atoms with Crippen molar-refractivity contribution in [3.8, 4) is 11.8 Å². The van der Waals surface area contributed by atoms with Crippen molar-refractivity contribution >= 4 is 15.9 Å². The second-order valence-corrected chi connectivity index (χ2v) is 5.25. The highest BCUT2D eigenvalue weighted by Gasteiger charge is 2.02. The van der Waals surface area contributed by atoms with Crippen molar-refractivity contribution in [3.63, 3.8) is 0 Å². The minimum atomic E-state index is 0.594. The summed E-state index contributed by atoms with van der Waals surface area (Å²) in [5.74, 6) is 0.850. The van der Waals surface area contributed by atoms with Crippen LogP contribution in [0.3, 0.4) is 0 Å². The van der Waals surface area contributed by atoms with Gasteiger partial charge in [0.05, 0.1) is 23.8 Å². The molecule has 110 valence electrons. The van der Waals surface area contributed by atoms with E-state index in [0.717, 1.165) is 36.2 Å². The highest BCUT2D eigenvalue weighted by atomic mass is 79.9. The van der Waals surface area contributed by atoms with E-state index in [4.69, 9.17) is 14.7 Å². The maximum atomic E-state index is 8.45. The number of hydrogen-bond acceptors (Lipinski definition) is 4. The van der Waals surface area contributed by atoms with Crippen LogP contribution in [0.2, 0.25) is 0 Å². The molecule has 0 aliphatic carbocycles. The van der Waals surface area contributed by atoms with Gasteiger partial charge in [0.25, 0.3) is 0 Å². The van der Waals surface area contributed by atoms with Crippen molar-refractivity contribution in [1.29, 1.82) is 5.26 Å². The fourth-order valence-electron chi connectivity index (χ4n) is 1.67. The maximum Gasteiger partial charge on any atom is 0.133 e. The van der Waals surface area contributed by atoms with Gasteiger partial charge < -0.3 is 14.8 Å². The van der Waals surface area contributed by atoms with Crippen LogP contribution in [0, 0.1) is 11.3 Å². The molecule has 5 heteroatoms. The third kappa shape index (κ3) is 6.90. The van der Waals surface area contributed by atoms with Gasteiger partial charge in [0.15, 0.2) is 0 Å². The van der Waals surface area contributed by atoms with Crippen molar-refractivity contribution in [1.82, 2.24) is 5.32 Å². The number of ether oxygens (including phenoxy) is 2. The van der Waals surface area contributed by atoms with Gasteiger partial charge in [-0.05, 0) is 46.5 Å². The lowest BCUT2D eigenvalue weighted by Gasteiger charge is -2.10. The molecule has 0 amide bonds. The second kappa shape index (κ2) is 10.7. The van der Waals surface area contributed by atoms with E-state index in [-0.39, 0.29) is 0 Å². The van der Waals surface area contributed by atoms with Crippen molar-refractivity contribution < 1.29 is 9.47 Å². The Balaban J connectivity index is 2.33. The van der Waals surface area contributed by atoms with Crippen LogP contribution in [0.4, 0.5) is 0 Å². The number of hydrogen-bond donors (Lipinski definition) is 1. The largest absolute Gasteiger partial charge is 0.492 e. The van der Waals surface area contributed by atoms with Crippen LogP contribution < -0.4 is 10.1 Å². The topological polar surface area (TPSA) is 54.3 Å². The van der Waals surface area contributed by atoms with E-state index in [1.165, 1.54) is 5.56 Å². The van der Waals surface area contributed by atoms with Gasteiger partial charge in [0, 0.05) is 26.6 Å². The van der Waals surface area contributed by atoms with Crippen molar-refractivity contribution in [3.05, 3.63) is 28.2 Å². The molecule has 20 heavy (non-hydrogen) atoms. The first-order valence-corrected chi connectivity index (χ1v) is 7.55. The zero-order valence-electron chi connectivity index (χ0n) is 11.8. The van der Waals surface area contributed by atoms with Gasteiger partial charge in [-0.3, -0.25) is 0 Å². The SMILES string of the molecule is COCCNCc1ccc(OCCCCC#N)c(Br)c1. The van der Waals surface area contributed by atoms with E-state index in [1.54, 1.807) is 7.11 Å². The zero-order valence-corrected chi connectivity index (χ0v) is 13.4. The molecule has 0 unspecified atom stereocenters. The molecule has 0 aliphatic heterocycles. The lowest BCUT2D eigenvalue weighted by Crippen LogP contribution is -2.18. The number of nitrogens with zero attached hydrogens (tertiary/aromatic N) is 1. The summed E-state index contributed by atoms with van der Waals surface area (Å²) < 4.78 is 11.6. The first-order chi connectivity index (χ1) is 9.77. The quantitative estimate of drug-likeness (QED) is 0.664. The Kier molecular flexibility index (Phi) is 9.05. The molecule has 0 radical (unpaired) electrons. The summed E-state index contributed by atoms with van der Waals surface area (Å²) in [6, 6.07) is 8.22. The third-order valence-corrected chi connectivity index (χ3v) is 3.37. The minimum Gasteiger partial charge on any atom is -0.492 e. The fourth-order valence-corrected chi connectivity index (χ4v) is 2.21. The average Bonchev–Trinajstić information content (AvgIpc) is 2.45. The summed E-state index contributed by atoms with van der Waals surface area (Å²) in [7, 11) is 1.70. The first-order valence-electron chi connectivity index (χ1n) is 6.75. The van der Waals surface area contributed by atoms with Crippen molar-refractivity contribution in [2.24, 2.45) is 0 Å². The number of benzene rings is 1. The molecule has 0 atom stereocenters. The van der Waals surface area contributed by atoms with E-state index in [2.05, 4.69) is 39.4 Å². The summed E-state index contributed by atoms with van der Waals surface area (Å²) in [5, 5.41) is 11.7. The Hall–Kier alpha value is -1.09. The number of nitrogens with one attached hydrogen (secondary N) is 1. The number of nitriles is 1. The van der Waals surface area contributed by atoms with Crippen LogP contribution in [0.25, 0.3) is 0 Å². The van der Waals surface area contributed by atoms with Crippen LogP contribution in [0.1, 0.15) is 24.8 Å². The monoisotopic (exact) mass is 340 g/mol. The number of methoxy groups -OCH3 is 1. The van der Waals surface area contributed by atoms with Crippen LogP contribution in [-0.4, -0.2) is 26.9 Å². The molecule has 0 bridgehead atoms. The Morgan fingerprint density at radius 2 is 2.15 bits per heavy atom. The normalized spacial score (nSPS) is 10.2. The lowest BCUT2D eigenvalue weighted by atomic mass is 10.2.